The average Bonchev–Trinajstić information content (AvgIpc) is 2.87. The second-order valence-electron chi connectivity index (χ2n) is 6.56. The summed E-state index contributed by atoms with van der Waals surface area (Å²) in [4.78, 5) is 28.0. The fourth-order valence-electron chi connectivity index (χ4n) is 2.81. The maximum atomic E-state index is 12.4. The molecular weight excluding hydrogens is 292 g/mol. The van der Waals surface area contributed by atoms with Gasteiger partial charge in [-0.25, -0.2) is 0 Å². The van der Waals surface area contributed by atoms with Crippen LogP contribution in [-0.2, 0) is 16.1 Å². The molecular formula is C18H26N2O3. The molecule has 1 aromatic carbocycles. The molecule has 0 aliphatic carbocycles. The summed E-state index contributed by atoms with van der Waals surface area (Å²) < 4.78 is 0. The van der Waals surface area contributed by atoms with Gasteiger partial charge in [-0.3, -0.25) is 9.59 Å². The highest BCUT2D eigenvalue weighted by molar-refractivity contribution is 5.89. The maximum Gasteiger partial charge on any atom is 0.227 e. The summed E-state index contributed by atoms with van der Waals surface area (Å²) in [5.74, 6) is -0.245. The van der Waals surface area contributed by atoms with Crippen LogP contribution in [0.5, 0.6) is 0 Å². The van der Waals surface area contributed by atoms with Crippen molar-refractivity contribution in [1.29, 1.82) is 0 Å². The number of rotatable bonds is 6. The summed E-state index contributed by atoms with van der Waals surface area (Å²) in [5, 5.41) is 9.32. The Labute approximate surface area is 137 Å². The molecule has 0 bridgehead atoms. The van der Waals surface area contributed by atoms with E-state index in [9.17, 15) is 14.7 Å². The minimum Gasteiger partial charge on any atom is -0.393 e. The van der Waals surface area contributed by atoms with Crippen molar-refractivity contribution in [2.75, 3.05) is 20.1 Å². The molecule has 2 rings (SSSR count). The molecule has 23 heavy (non-hydrogen) atoms. The van der Waals surface area contributed by atoms with Gasteiger partial charge in [0.25, 0.3) is 0 Å². The minimum absolute atomic E-state index is 0.00888. The van der Waals surface area contributed by atoms with Gasteiger partial charge >= 0.3 is 0 Å². The van der Waals surface area contributed by atoms with Crippen LogP contribution in [0.3, 0.4) is 0 Å². The molecule has 0 radical (unpaired) electrons. The molecule has 5 heteroatoms. The van der Waals surface area contributed by atoms with Crippen LogP contribution >= 0.6 is 0 Å². The highest BCUT2D eigenvalue weighted by Gasteiger charge is 2.35. The molecule has 0 spiro atoms. The van der Waals surface area contributed by atoms with Crippen molar-refractivity contribution in [1.82, 2.24) is 9.80 Å². The van der Waals surface area contributed by atoms with Crippen molar-refractivity contribution in [2.45, 2.75) is 39.3 Å². The highest BCUT2D eigenvalue weighted by atomic mass is 16.3. The zero-order valence-corrected chi connectivity index (χ0v) is 14.2. The molecule has 1 saturated heterocycles. The molecule has 1 N–H and O–H groups in total. The van der Waals surface area contributed by atoms with Crippen LogP contribution in [0.1, 0.15) is 30.9 Å². The van der Waals surface area contributed by atoms with Gasteiger partial charge in [0.2, 0.25) is 11.8 Å². The van der Waals surface area contributed by atoms with Crippen molar-refractivity contribution < 1.29 is 14.7 Å². The Balaban J connectivity index is 1.91. The first-order valence-electron chi connectivity index (χ1n) is 8.13. The summed E-state index contributed by atoms with van der Waals surface area (Å²) in [5.41, 5.74) is 2.27. The van der Waals surface area contributed by atoms with Crippen LogP contribution in [-0.4, -0.2) is 53.0 Å². The van der Waals surface area contributed by atoms with Gasteiger partial charge in [-0.15, -0.1) is 0 Å². The number of carbonyl (C=O) groups is 2. The number of aryl methyl sites for hydroxylation is 1. The highest BCUT2D eigenvalue weighted by Crippen LogP contribution is 2.22. The summed E-state index contributed by atoms with van der Waals surface area (Å²) in [6.07, 6.45) is 0.410. The van der Waals surface area contributed by atoms with Gasteiger partial charge in [-0.1, -0.05) is 29.8 Å². The smallest absolute Gasteiger partial charge is 0.227 e. The summed E-state index contributed by atoms with van der Waals surface area (Å²) in [6.45, 7) is 5.28. The normalized spacial score (nSPS) is 19.0. The SMILES string of the molecule is Cc1ccc(CN2CC(C(=O)N(C)CCC(C)O)CC2=O)cc1. The topological polar surface area (TPSA) is 60.9 Å². The number of amides is 2. The molecule has 5 nitrogen and oxygen atoms in total. The number of hydrogen-bond donors (Lipinski definition) is 1. The lowest BCUT2D eigenvalue weighted by atomic mass is 10.1. The lowest BCUT2D eigenvalue weighted by molar-refractivity contribution is -0.134. The zero-order chi connectivity index (χ0) is 17.0. The van der Waals surface area contributed by atoms with Crippen molar-refractivity contribution in [2.24, 2.45) is 5.92 Å². The second kappa shape index (κ2) is 7.59. The van der Waals surface area contributed by atoms with Crippen molar-refractivity contribution in [3.05, 3.63) is 35.4 Å². The summed E-state index contributed by atoms with van der Waals surface area (Å²) in [6, 6.07) is 8.10. The number of likely N-dealkylation sites (tertiary alicyclic amines) is 1. The first-order valence-corrected chi connectivity index (χ1v) is 8.13. The molecule has 0 saturated carbocycles. The molecule has 1 fully saturated rings. The first kappa shape index (κ1) is 17.5. The van der Waals surface area contributed by atoms with E-state index in [0.29, 0.717) is 26.1 Å². The Morgan fingerprint density at radius 3 is 2.65 bits per heavy atom. The van der Waals surface area contributed by atoms with E-state index in [2.05, 4.69) is 0 Å². The minimum atomic E-state index is -0.423. The fraction of sp³-hybridized carbons (Fsp3) is 0.556. The van der Waals surface area contributed by atoms with Gasteiger partial charge in [-0.05, 0) is 25.8 Å². The number of nitrogens with zero attached hydrogens (tertiary/aromatic N) is 2. The molecule has 1 aliphatic rings. The van der Waals surface area contributed by atoms with Gasteiger partial charge < -0.3 is 14.9 Å². The third-order valence-corrected chi connectivity index (χ3v) is 4.32. The van der Waals surface area contributed by atoms with Crippen molar-refractivity contribution >= 4 is 11.8 Å². The lowest BCUT2D eigenvalue weighted by Gasteiger charge is -2.22. The predicted molar refractivity (Wildman–Crippen MR) is 88.6 cm³/mol. The number of benzene rings is 1. The van der Waals surface area contributed by atoms with E-state index >= 15 is 0 Å². The molecule has 1 aliphatic heterocycles. The van der Waals surface area contributed by atoms with E-state index in [0.717, 1.165) is 5.56 Å². The molecule has 0 aromatic heterocycles. The molecule has 126 valence electrons. The average molecular weight is 318 g/mol. The number of carbonyl (C=O) groups excluding carboxylic acids is 2. The molecule has 2 unspecified atom stereocenters. The molecule has 2 atom stereocenters. The van der Waals surface area contributed by atoms with Crippen molar-refractivity contribution in [3.63, 3.8) is 0 Å². The van der Waals surface area contributed by atoms with Crippen LogP contribution in [0, 0.1) is 12.8 Å². The second-order valence-corrected chi connectivity index (χ2v) is 6.56. The van der Waals surface area contributed by atoms with Gasteiger partial charge in [0.05, 0.1) is 12.0 Å². The van der Waals surface area contributed by atoms with Crippen LogP contribution < -0.4 is 0 Å². The third-order valence-electron chi connectivity index (χ3n) is 4.32. The Hall–Kier alpha value is -1.88. The Bertz CT molecular complexity index is 554. The Morgan fingerprint density at radius 1 is 1.39 bits per heavy atom. The van der Waals surface area contributed by atoms with E-state index < -0.39 is 6.10 Å². The van der Waals surface area contributed by atoms with E-state index in [1.807, 2.05) is 31.2 Å². The third kappa shape index (κ3) is 4.79. The molecule has 1 heterocycles. The van der Waals surface area contributed by atoms with Crippen LogP contribution in [0.2, 0.25) is 0 Å². The zero-order valence-electron chi connectivity index (χ0n) is 14.2. The maximum absolute atomic E-state index is 12.4. The number of aliphatic hydroxyl groups is 1. The predicted octanol–water partition coefficient (Wildman–Crippen LogP) is 1.57. The van der Waals surface area contributed by atoms with E-state index in [4.69, 9.17) is 0 Å². The summed E-state index contributed by atoms with van der Waals surface area (Å²) >= 11 is 0. The lowest BCUT2D eigenvalue weighted by Crippen LogP contribution is -2.36. The van der Waals surface area contributed by atoms with Crippen LogP contribution in [0.4, 0.5) is 0 Å². The van der Waals surface area contributed by atoms with Gasteiger partial charge in [0, 0.05) is 33.1 Å². The Kier molecular flexibility index (Phi) is 5.77. The quantitative estimate of drug-likeness (QED) is 0.866. The monoisotopic (exact) mass is 318 g/mol. The van der Waals surface area contributed by atoms with Gasteiger partial charge in [0.1, 0.15) is 0 Å². The van der Waals surface area contributed by atoms with Crippen molar-refractivity contribution in [3.8, 4) is 0 Å². The van der Waals surface area contributed by atoms with E-state index in [1.54, 1.807) is 23.8 Å². The molecule has 2 amide bonds. The number of hydrogen-bond acceptors (Lipinski definition) is 3. The Morgan fingerprint density at radius 2 is 2.04 bits per heavy atom. The fourth-order valence-corrected chi connectivity index (χ4v) is 2.81. The first-order chi connectivity index (χ1) is 10.9. The van der Waals surface area contributed by atoms with Gasteiger partial charge in [0.15, 0.2) is 0 Å². The largest absolute Gasteiger partial charge is 0.393 e. The number of aliphatic hydroxyl groups excluding tert-OH is 1. The van der Waals surface area contributed by atoms with E-state index in [-0.39, 0.29) is 24.2 Å². The standard InChI is InChI=1S/C18H26N2O3/c1-13-4-6-15(7-5-13)11-20-12-16(10-17(20)22)18(23)19(3)9-8-14(2)21/h4-7,14,16,21H,8-12H2,1-3H3. The molecule has 1 aromatic rings. The van der Waals surface area contributed by atoms with Gasteiger partial charge in [-0.2, -0.15) is 0 Å². The van der Waals surface area contributed by atoms with Crippen LogP contribution in [0.25, 0.3) is 0 Å². The summed E-state index contributed by atoms with van der Waals surface area (Å²) in [7, 11) is 1.73. The van der Waals surface area contributed by atoms with Crippen LogP contribution in [0.15, 0.2) is 24.3 Å². The van der Waals surface area contributed by atoms with E-state index in [1.165, 1.54) is 5.56 Å².